The Hall–Kier alpha value is -1.07. The first-order chi connectivity index (χ1) is 9.87. The van der Waals surface area contributed by atoms with Crippen LogP contribution >= 0.6 is 0 Å². The molecule has 0 bridgehead atoms. The maximum Gasteiger partial charge on any atom is 0.240 e. The smallest absolute Gasteiger partial charge is 0.240 e. The molecule has 2 fully saturated rings. The van der Waals surface area contributed by atoms with Crippen molar-refractivity contribution in [1.82, 2.24) is 4.72 Å². The van der Waals surface area contributed by atoms with Crippen LogP contribution in [0.25, 0.3) is 0 Å². The van der Waals surface area contributed by atoms with Crippen LogP contribution in [0, 0.1) is 5.41 Å². The zero-order valence-electron chi connectivity index (χ0n) is 12.7. The van der Waals surface area contributed by atoms with Crippen molar-refractivity contribution >= 4 is 15.7 Å². The number of hydrogen-bond acceptors (Lipinski definition) is 3. The van der Waals surface area contributed by atoms with Crippen LogP contribution in [0.15, 0.2) is 29.2 Å². The molecular formula is C16H24N2O2S. The number of nitrogens with one attached hydrogen (secondary N) is 2. The maximum atomic E-state index is 12.1. The molecule has 5 heteroatoms. The lowest BCUT2D eigenvalue weighted by molar-refractivity contribution is 0.350. The Labute approximate surface area is 127 Å². The molecule has 2 aliphatic rings. The zero-order chi connectivity index (χ0) is 15.1. The molecule has 3 rings (SSSR count). The molecular weight excluding hydrogens is 284 g/mol. The maximum absolute atomic E-state index is 12.1. The standard InChI is InChI=1S/C16H24N2O2S/c1-16(2)11-3-4-15(16)17-12-7-9-14(10-8-12)21(19,20)18-13-5-6-13/h7-10,13,15,17-18H,3-6,11H2,1-2H3. The number of anilines is 1. The molecule has 0 aliphatic heterocycles. The molecule has 1 aromatic carbocycles. The van der Waals surface area contributed by atoms with Gasteiger partial charge in [-0.1, -0.05) is 20.3 Å². The van der Waals surface area contributed by atoms with Crippen LogP contribution in [0.4, 0.5) is 5.69 Å². The fourth-order valence-corrected chi connectivity index (χ4v) is 4.32. The van der Waals surface area contributed by atoms with Gasteiger partial charge < -0.3 is 5.32 Å². The summed E-state index contributed by atoms with van der Waals surface area (Å²) >= 11 is 0. The van der Waals surface area contributed by atoms with Gasteiger partial charge in [0.15, 0.2) is 0 Å². The van der Waals surface area contributed by atoms with Crippen molar-refractivity contribution in [2.75, 3.05) is 5.32 Å². The van der Waals surface area contributed by atoms with Crippen LogP contribution in [-0.4, -0.2) is 20.5 Å². The number of rotatable bonds is 5. The Morgan fingerprint density at radius 2 is 1.76 bits per heavy atom. The highest BCUT2D eigenvalue weighted by Gasteiger charge is 2.34. The van der Waals surface area contributed by atoms with E-state index < -0.39 is 10.0 Å². The molecule has 0 saturated heterocycles. The van der Waals surface area contributed by atoms with Gasteiger partial charge in [0.25, 0.3) is 0 Å². The van der Waals surface area contributed by atoms with E-state index in [1.54, 1.807) is 12.1 Å². The molecule has 0 amide bonds. The number of sulfonamides is 1. The fraction of sp³-hybridized carbons (Fsp3) is 0.625. The Morgan fingerprint density at radius 1 is 1.10 bits per heavy atom. The quantitative estimate of drug-likeness (QED) is 0.878. The molecule has 0 heterocycles. The lowest BCUT2D eigenvalue weighted by Crippen LogP contribution is -2.30. The molecule has 2 aliphatic carbocycles. The Balaban J connectivity index is 1.69. The summed E-state index contributed by atoms with van der Waals surface area (Å²) in [6.45, 7) is 4.58. The van der Waals surface area contributed by atoms with E-state index in [-0.39, 0.29) is 6.04 Å². The van der Waals surface area contributed by atoms with Gasteiger partial charge in [-0.25, -0.2) is 13.1 Å². The molecule has 0 aromatic heterocycles. The van der Waals surface area contributed by atoms with E-state index in [2.05, 4.69) is 23.9 Å². The van der Waals surface area contributed by atoms with Crippen molar-refractivity contribution in [1.29, 1.82) is 0 Å². The van der Waals surface area contributed by atoms with Gasteiger partial charge in [0.2, 0.25) is 10.0 Å². The third-order valence-corrected chi connectivity index (χ3v) is 6.20. The highest BCUT2D eigenvalue weighted by Crippen LogP contribution is 2.39. The molecule has 2 N–H and O–H groups in total. The van der Waals surface area contributed by atoms with Gasteiger partial charge >= 0.3 is 0 Å². The number of hydrogen-bond donors (Lipinski definition) is 2. The minimum absolute atomic E-state index is 0.145. The predicted octanol–water partition coefficient (Wildman–Crippen LogP) is 3.12. The summed E-state index contributed by atoms with van der Waals surface area (Å²) in [6.07, 6.45) is 5.58. The van der Waals surface area contributed by atoms with E-state index >= 15 is 0 Å². The van der Waals surface area contributed by atoms with Crippen molar-refractivity contribution in [2.45, 2.75) is 62.9 Å². The van der Waals surface area contributed by atoms with Gasteiger partial charge in [-0.2, -0.15) is 0 Å². The summed E-state index contributed by atoms with van der Waals surface area (Å²) in [5.41, 5.74) is 1.30. The second-order valence-corrected chi connectivity index (χ2v) is 8.71. The summed E-state index contributed by atoms with van der Waals surface area (Å²) in [5.74, 6) is 0. The molecule has 4 nitrogen and oxygen atoms in total. The monoisotopic (exact) mass is 308 g/mol. The Kier molecular flexibility index (Phi) is 3.74. The van der Waals surface area contributed by atoms with Crippen LogP contribution in [0.1, 0.15) is 46.0 Å². The van der Waals surface area contributed by atoms with Gasteiger partial charge in [0.05, 0.1) is 4.90 Å². The topological polar surface area (TPSA) is 58.2 Å². The van der Waals surface area contributed by atoms with Crippen molar-refractivity contribution in [3.05, 3.63) is 24.3 Å². The average Bonchev–Trinajstić information content (AvgIpc) is 3.15. The Bertz CT molecular complexity index is 604. The van der Waals surface area contributed by atoms with Crippen LogP contribution < -0.4 is 10.0 Å². The van der Waals surface area contributed by atoms with E-state index in [4.69, 9.17) is 0 Å². The van der Waals surface area contributed by atoms with Crippen LogP contribution in [0.2, 0.25) is 0 Å². The van der Waals surface area contributed by atoms with Gasteiger partial charge in [-0.3, -0.25) is 0 Å². The fourth-order valence-electron chi connectivity index (χ4n) is 3.01. The van der Waals surface area contributed by atoms with E-state index in [1.807, 2.05) is 12.1 Å². The first kappa shape index (κ1) is 14.9. The zero-order valence-corrected chi connectivity index (χ0v) is 13.5. The van der Waals surface area contributed by atoms with E-state index in [9.17, 15) is 8.42 Å². The molecule has 1 unspecified atom stereocenters. The van der Waals surface area contributed by atoms with Crippen LogP contribution in [-0.2, 0) is 10.0 Å². The molecule has 1 atom stereocenters. The predicted molar refractivity (Wildman–Crippen MR) is 84.8 cm³/mol. The first-order valence-electron chi connectivity index (χ1n) is 7.76. The van der Waals surface area contributed by atoms with Crippen molar-refractivity contribution in [3.63, 3.8) is 0 Å². The SMILES string of the molecule is CC1(C)CCCC1Nc1ccc(S(=O)(=O)NC2CC2)cc1. The largest absolute Gasteiger partial charge is 0.382 e. The summed E-state index contributed by atoms with van der Waals surface area (Å²) in [5, 5.41) is 3.55. The van der Waals surface area contributed by atoms with E-state index in [0.29, 0.717) is 16.4 Å². The lowest BCUT2D eigenvalue weighted by Gasteiger charge is -2.28. The minimum Gasteiger partial charge on any atom is -0.382 e. The van der Waals surface area contributed by atoms with Gasteiger partial charge in [-0.15, -0.1) is 0 Å². The molecule has 0 radical (unpaired) electrons. The second-order valence-electron chi connectivity index (χ2n) is 7.00. The highest BCUT2D eigenvalue weighted by atomic mass is 32.2. The van der Waals surface area contributed by atoms with Crippen molar-refractivity contribution in [3.8, 4) is 0 Å². The third-order valence-electron chi connectivity index (χ3n) is 4.66. The summed E-state index contributed by atoms with van der Waals surface area (Å²) < 4.78 is 26.9. The molecule has 116 valence electrons. The Morgan fingerprint density at radius 3 is 2.29 bits per heavy atom. The molecule has 0 spiro atoms. The van der Waals surface area contributed by atoms with E-state index in [1.165, 1.54) is 19.3 Å². The average molecular weight is 308 g/mol. The van der Waals surface area contributed by atoms with Crippen molar-refractivity contribution in [2.24, 2.45) is 5.41 Å². The first-order valence-corrected chi connectivity index (χ1v) is 9.24. The lowest BCUT2D eigenvalue weighted by atomic mass is 9.87. The van der Waals surface area contributed by atoms with E-state index in [0.717, 1.165) is 18.5 Å². The van der Waals surface area contributed by atoms with Crippen LogP contribution in [0.5, 0.6) is 0 Å². The molecule has 21 heavy (non-hydrogen) atoms. The minimum atomic E-state index is -3.34. The second kappa shape index (κ2) is 5.29. The summed E-state index contributed by atoms with van der Waals surface area (Å²) in [6, 6.07) is 7.73. The normalized spacial score (nSPS) is 25.0. The summed E-state index contributed by atoms with van der Waals surface area (Å²) in [4.78, 5) is 0.352. The molecule has 2 saturated carbocycles. The highest BCUT2D eigenvalue weighted by molar-refractivity contribution is 7.89. The third kappa shape index (κ3) is 3.40. The van der Waals surface area contributed by atoms with Gasteiger partial charge in [0.1, 0.15) is 0 Å². The molecule has 1 aromatic rings. The summed E-state index contributed by atoms with van der Waals surface area (Å²) in [7, 11) is -3.34. The number of benzene rings is 1. The van der Waals surface area contributed by atoms with Crippen molar-refractivity contribution < 1.29 is 8.42 Å². The van der Waals surface area contributed by atoms with Gasteiger partial charge in [-0.05, 0) is 55.4 Å². The van der Waals surface area contributed by atoms with Crippen LogP contribution in [0.3, 0.4) is 0 Å². The van der Waals surface area contributed by atoms with Gasteiger partial charge in [0, 0.05) is 17.8 Å².